The van der Waals surface area contributed by atoms with Crippen LogP contribution in [0.25, 0.3) is 0 Å². The molecule has 0 spiro atoms. The molecule has 0 aromatic heterocycles. The highest BCUT2D eigenvalue weighted by atomic mass is 16.5. The first kappa shape index (κ1) is 16.6. The molecule has 0 radical (unpaired) electrons. The number of hydrogen-bond acceptors (Lipinski definition) is 4. The lowest BCUT2D eigenvalue weighted by Gasteiger charge is -2.25. The molecule has 0 aliphatic carbocycles. The Bertz CT molecular complexity index is 499. The van der Waals surface area contributed by atoms with Crippen LogP contribution in [0.3, 0.4) is 0 Å². The molecule has 0 unspecified atom stereocenters. The van der Waals surface area contributed by atoms with Crippen molar-refractivity contribution in [2.24, 2.45) is 11.8 Å². The van der Waals surface area contributed by atoms with Crippen LogP contribution >= 0.6 is 0 Å². The molecule has 1 aromatic rings. The van der Waals surface area contributed by atoms with Gasteiger partial charge in [-0.2, -0.15) is 0 Å². The molecule has 1 amide bonds. The second-order valence-electron chi connectivity index (χ2n) is 6.09. The quantitative estimate of drug-likeness (QED) is 0.771. The number of nitrogens with one attached hydrogen (secondary N) is 2. The highest BCUT2D eigenvalue weighted by Crippen LogP contribution is 2.28. The second-order valence-corrected chi connectivity index (χ2v) is 6.09. The maximum atomic E-state index is 11.8. The van der Waals surface area contributed by atoms with E-state index >= 15 is 0 Å². The van der Waals surface area contributed by atoms with Gasteiger partial charge in [0, 0.05) is 19.6 Å². The highest BCUT2D eigenvalue weighted by Gasteiger charge is 2.24. The third-order valence-corrected chi connectivity index (χ3v) is 3.80. The molecular weight excluding hydrogens is 280 g/mol. The third-order valence-electron chi connectivity index (χ3n) is 3.80. The van der Waals surface area contributed by atoms with Crippen molar-refractivity contribution in [3.05, 3.63) is 23.8 Å². The molecule has 1 aliphatic rings. The summed E-state index contributed by atoms with van der Waals surface area (Å²) in [5.41, 5.74) is 1.01. The number of carbonyl (C=O) groups excluding carboxylic acids is 1. The fourth-order valence-corrected chi connectivity index (χ4v) is 2.15. The Labute approximate surface area is 132 Å². The van der Waals surface area contributed by atoms with Gasteiger partial charge in [0.1, 0.15) is 0 Å². The first-order valence-electron chi connectivity index (χ1n) is 7.88. The summed E-state index contributed by atoms with van der Waals surface area (Å²) in [6, 6.07) is 5.79. The molecule has 22 heavy (non-hydrogen) atoms. The summed E-state index contributed by atoms with van der Waals surface area (Å²) in [5, 5.41) is 6.05. The lowest BCUT2D eigenvalue weighted by atomic mass is 10.0. The monoisotopic (exact) mass is 306 g/mol. The summed E-state index contributed by atoms with van der Waals surface area (Å²) in [6.07, 6.45) is 1.01. The van der Waals surface area contributed by atoms with Crippen LogP contribution in [-0.2, 0) is 11.3 Å². The molecule has 2 N–H and O–H groups in total. The molecule has 0 saturated carbocycles. The van der Waals surface area contributed by atoms with Crippen LogP contribution in [0.5, 0.6) is 11.5 Å². The molecule has 122 valence electrons. The number of benzene rings is 1. The maximum absolute atomic E-state index is 11.8. The average Bonchev–Trinajstić information content (AvgIpc) is 2.43. The predicted octanol–water partition coefficient (Wildman–Crippen LogP) is 1.96. The molecule has 1 heterocycles. The fraction of sp³-hybridized carbons (Fsp3) is 0.588. The van der Waals surface area contributed by atoms with Crippen LogP contribution in [0.2, 0.25) is 0 Å². The molecule has 2 rings (SSSR count). The Kier molecular flexibility index (Phi) is 6.07. The lowest BCUT2D eigenvalue weighted by Crippen LogP contribution is -2.50. The first-order valence-corrected chi connectivity index (χ1v) is 7.88. The van der Waals surface area contributed by atoms with E-state index in [2.05, 4.69) is 24.5 Å². The minimum absolute atomic E-state index is 0.106. The Hall–Kier alpha value is -1.75. The molecule has 5 heteroatoms. The lowest BCUT2D eigenvalue weighted by molar-refractivity contribution is -0.126. The zero-order valence-electron chi connectivity index (χ0n) is 13.6. The normalized spacial score (nSPS) is 14.5. The third kappa shape index (κ3) is 4.63. The highest BCUT2D eigenvalue weighted by molar-refractivity contribution is 5.80. The molecule has 1 aliphatic heterocycles. The SMILES string of the molecule is COc1cc(CNC(=O)C2CNC2)ccc1OCCC(C)C. The molecule has 1 aromatic carbocycles. The molecule has 0 bridgehead atoms. The summed E-state index contributed by atoms with van der Waals surface area (Å²) < 4.78 is 11.1. The predicted molar refractivity (Wildman–Crippen MR) is 86.2 cm³/mol. The van der Waals surface area contributed by atoms with Crippen LogP contribution in [0.15, 0.2) is 18.2 Å². The molecular formula is C17H26N2O3. The van der Waals surface area contributed by atoms with Crippen molar-refractivity contribution in [3.63, 3.8) is 0 Å². The summed E-state index contributed by atoms with van der Waals surface area (Å²) in [7, 11) is 1.63. The van der Waals surface area contributed by atoms with Gasteiger partial charge in [-0.05, 0) is 30.0 Å². The van der Waals surface area contributed by atoms with Gasteiger partial charge in [0.05, 0.1) is 19.6 Å². The second kappa shape index (κ2) is 8.03. The van der Waals surface area contributed by atoms with E-state index in [-0.39, 0.29) is 11.8 Å². The number of ether oxygens (including phenoxy) is 2. The number of methoxy groups -OCH3 is 1. The standard InChI is InChI=1S/C17H26N2O3/c1-12(2)6-7-22-15-5-4-13(8-16(15)21-3)9-19-17(20)14-10-18-11-14/h4-5,8,12,14,18H,6-7,9-11H2,1-3H3,(H,19,20). The van der Waals surface area contributed by atoms with E-state index in [1.165, 1.54) is 0 Å². The number of rotatable bonds is 8. The molecule has 0 atom stereocenters. The number of hydrogen-bond donors (Lipinski definition) is 2. The molecule has 5 nitrogen and oxygen atoms in total. The van der Waals surface area contributed by atoms with Crippen molar-refractivity contribution in [2.45, 2.75) is 26.8 Å². The van der Waals surface area contributed by atoms with Gasteiger partial charge in [-0.3, -0.25) is 4.79 Å². The van der Waals surface area contributed by atoms with E-state index in [0.29, 0.717) is 24.8 Å². The van der Waals surface area contributed by atoms with Crippen molar-refractivity contribution in [3.8, 4) is 11.5 Å². The topological polar surface area (TPSA) is 59.6 Å². The molecule has 1 saturated heterocycles. The Morgan fingerprint density at radius 3 is 2.73 bits per heavy atom. The van der Waals surface area contributed by atoms with Gasteiger partial charge in [-0.25, -0.2) is 0 Å². The van der Waals surface area contributed by atoms with E-state index in [1.54, 1.807) is 7.11 Å². The van der Waals surface area contributed by atoms with Crippen molar-refractivity contribution < 1.29 is 14.3 Å². The fourth-order valence-electron chi connectivity index (χ4n) is 2.15. The zero-order chi connectivity index (χ0) is 15.9. The van der Waals surface area contributed by atoms with Crippen LogP contribution in [0.4, 0.5) is 0 Å². The van der Waals surface area contributed by atoms with Crippen molar-refractivity contribution in [2.75, 3.05) is 26.8 Å². The van der Waals surface area contributed by atoms with Gasteiger partial charge < -0.3 is 20.1 Å². The summed E-state index contributed by atoms with van der Waals surface area (Å²) in [4.78, 5) is 11.8. The van der Waals surface area contributed by atoms with Gasteiger partial charge in [0.2, 0.25) is 5.91 Å². The minimum Gasteiger partial charge on any atom is -0.493 e. The zero-order valence-corrected chi connectivity index (χ0v) is 13.6. The van der Waals surface area contributed by atoms with Gasteiger partial charge in [0.25, 0.3) is 0 Å². The van der Waals surface area contributed by atoms with Gasteiger partial charge in [-0.1, -0.05) is 19.9 Å². The van der Waals surface area contributed by atoms with Crippen molar-refractivity contribution >= 4 is 5.91 Å². The Morgan fingerprint density at radius 2 is 2.14 bits per heavy atom. The molecule has 1 fully saturated rings. The summed E-state index contributed by atoms with van der Waals surface area (Å²) in [5.74, 6) is 2.29. The van der Waals surface area contributed by atoms with E-state index < -0.39 is 0 Å². The van der Waals surface area contributed by atoms with Gasteiger partial charge in [0.15, 0.2) is 11.5 Å². The van der Waals surface area contributed by atoms with Gasteiger partial charge in [-0.15, -0.1) is 0 Å². The Morgan fingerprint density at radius 1 is 1.36 bits per heavy atom. The summed E-state index contributed by atoms with van der Waals surface area (Å²) in [6.45, 7) is 7.08. The largest absolute Gasteiger partial charge is 0.493 e. The maximum Gasteiger partial charge on any atom is 0.225 e. The van der Waals surface area contributed by atoms with E-state index in [4.69, 9.17) is 9.47 Å². The van der Waals surface area contributed by atoms with Crippen LogP contribution in [-0.4, -0.2) is 32.7 Å². The van der Waals surface area contributed by atoms with E-state index in [0.717, 1.165) is 30.8 Å². The van der Waals surface area contributed by atoms with Gasteiger partial charge >= 0.3 is 0 Å². The van der Waals surface area contributed by atoms with Crippen LogP contribution in [0.1, 0.15) is 25.8 Å². The average molecular weight is 306 g/mol. The van der Waals surface area contributed by atoms with Crippen molar-refractivity contribution in [1.29, 1.82) is 0 Å². The first-order chi connectivity index (χ1) is 10.6. The van der Waals surface area contributed by atoms with Crippen LogP contribution in [0, 0.1) is 11.8 Å². The van der Waals surface area contributed by atoms with Crippen LogP contribution < -0.4 is 20.1 Å². The van der Waals surface area contributed by atoms with E-state index in [1.807, 2.05) is 18.2 Å². The number of amides is 1. The minimum atomic E-state index is 0.106. The Balaban J connectivity index is 1.88. The summed E-state index contributed by atoms with van der Waals surface area (Å²) >= 11 is 0. The number of carbonyl (C=O) groups is 1. The van der Waals surface area contributed by atoms with E-state index in [9.17, 15) is 4.79 Å². The smallest absolute Gasteiger partial charge is 0.225 e. The van der Waals surface area contributed by atoms with Crippen molar-refractivity contribution in [1.82, 2.24) is 10.6 Å².